The van der Waals surface area contributed by atoms with Crippen LogP contribution in [0.5, 0.6) is 0 Å². The highest BCUT2D eigenvalue weighted by molar-refractivity contribution is 5.02. The predicted molar refractivity (Wildman–Crippen MR) is 93.6 cm³/mol. The van der Waals surface area contributed by atoms with E-state index in [9.17, 15) is 0 Å². The smallest absolute Gasteiger partial charge is 0.0876 e. The maximum atomic E-state index is 5.72. The Labute approximate surface area is 132 Å². The number of rotatable bonds is 14. The molecule has 0 aliphatic carbocycles. The SMILES string of the molecule is C=C/C=C/C/C=C/C[C@@H]1O[C@@H]1CCCCCCCCCC. The highest BCUT2D eigenvalue weighted by atomic mass is 16.6. The minimum Gasteiger partial charge on any atom is -0.369 e. The van der Waals surface area contributed by atoms with Crippen molar-refractivity contribution in [1.29, 1.82) is 0 Å². The summed E-state index contributed by atoms with van der Waals surface area (Å²) in [6, 6.07) is 0. The first-order chi connectivity index (χ1) is 10.4. The van der Waals surface area contributed by atoms with Crippen LogP contribution in [0.1, 0.15) is 77.6 Å². The van der Waals surface area contributed by atoms with Gasteiger partial charge in [-0.25, -0.2) is 0 Å². The molecule has 120 valence electrons. The summed E-state index contributed by atoms with van der Waals surface area (Å²) in [5, 5.41) is 0. The lowest BCUT2D eigenvalue weighted by atomic mass is 10.1. The molecule has 1 nitrogen and oxygen atoms in total. The average Bonchev–Trinajstić information content (AvgIpc) is 3.24. The maximum absolute atomic E-state index is 5.72. The third kappa shape index (κ3) is 10.5. The van der Waals surface area contributed by atoms with E-state index >= 15 is 0 Å². The fourth-order valence-electron chi connectivity index (χ4n) is 2.70. The monoisotopic (exact) mass is 290 g/mol. The highest BCUT2D eigenvalue weighted by Crippen LogP contribution is 2.30. The third-order valence-electron chi connectivity index (χ3n) is 4.11. The topological polar surface area (TPSA) is 12.5 Å². The van der Waals surface area contributed by atoms with Crippen LogP contribution < -0.4 is 0 Å². The van der Waals surface area contributed by atoms with Gasteiger partial charge in [-0.2, -0.15) is 0 Å². The molecule has 0 aromatic rings. The van der Waals surface area contributed by atoms with Crippen LogP contribution >= 0.6 is 0 Å². The molecule has 1 heterocycles. The summed E-state index contributed by atoms with van der Waals surface area (Å²) < 4.78 is 5.72. The van der Waals surface area contributed by atoms with E-state index in [0.717, 1.165) is 12.8 Å². The first-order valence-electron chi connectivity index (χ1n) is 8.96. The largest absolute Gasteiger partial charge is 0.369 e. The number of unbranched alkanes of at least 4 members (excludes halogenated alkanes) is 7. The van der Waals surface area contributed by atoms with Crippen molar-refractivity contribution in [3.8, 4) is 0 Å². The predicted octanol–water partition coefficient (Wildman–Crippen LogP) is 6.36. The van der Waals surface area contributed by atoms with Crippen LogP contribution in [0.25, 0.3) is 0 Å². The van der Waals surface area contributed by atoms with Gasteiger partial charge < -0.3 is 4.74 Å². The normalized spacial score (nSPS) is 21.4. The third-order valence-corrected chi connectivity index (χ3v) is 4.11. The van der Waals surface area contributed by atoms with Crippen molar-refractivity contribution in [2.75, 3.05) is 0 Å². The van der Waals surface area contributed by atoms with E-state index in [1.165, 1.54) is 57.8 Å². The lowest BCUT2D eigenvalue weighted by Crippen LogP contribution is -1.93. The second kappa shape index (κ2) is 12.9. The van der Waals surface area contributed by atoms with Crippen molar-refractivity contribution in [3.63, 3.8) is 0 Å². The Hall–Kier alpha value is -0.820. The summed E-state index contributed by atoms with van der Waals surface area (Å²) in [6.45, 7) is 5.93. The fourth-order valence-corrected chi connectivity index (χ4v) is 2.70. The first kappa shape index (κ1) is 18.2. The zero-order valence-electron chi connectivity index (χ0n) is 13.9. The van der Waals surface area contributed by atoms with Crippen LogP contribution in [0, 0.1) is 0 Å². The summed E-state index contributed by atoms with van der Waals surface area (Å²) in [5.41, 5.74) is 0. The molecule has 1 saturated heterocycles. The first-order valence-corrected chi connectivity index (χ1v) is 8.96. The molecule has 0 radical (unpaired) electrons. The van der Waals surface area contributed by atoms with Gasteiger partial charge in [-0.05, 0) is 19.3 Å². The summed E-state index contributed by atoms with van der Waals surface area (Å²) in [7, 11) is 0. The van der Waals surface area contributed by atoms with Crippen molar-refractivity contribution in [2.45, 2.75) is 89.8 Å². The van der Waals surface area contributed by atoms with Crippen molar-refractivity contribution in [2.24, 2.45) is 0 Å². The van der Waals surface area contributed by atoms with Gasteiger partial charge in [0.15, 0.2) is 0 Å². The molecule has 2 atom stereocenters. The lowest BCUT2D eigenvalue weighted by molar-refractivity contribution is 0.358. The molecule has 0 unspecified atom stereocenters. The van der Waals surface area contributed by atoms with Gasteiger partial charge in [0.05, 0.1) is 12.2 Å². The number of hydrogen-bond acceptors (Lipinski definition) is 1. The molecule has 0 amide bonds. The summed E-state index contributed by atoms with van der Waals surface area (Å²) in [5.74, 6) is 0. The second-order valence-corrected chi connectivity index (χ2v) is 6.08. The van der Waals surface area contributed by atoms with Crippen LogP contribution in [0.15, 0.2) is 37.0 Å². The summed E-state index contributed by atoms with van der Waals surface area (Å²) in [4.78, 5) is 0. The quantitative estimate of drug-likeness (QED) is 0.157. The Kier molecular flexibility index (Phi) is 11.2. The van der Waals surface area contributed by atoms with Crippen LogP contribution in [0.3, 0.4) is 0 Å². The van der Waals surface area contributed by atoms with Gasteiger partial charge in [-0.1, -0.05) is 95.2 Å². The van der Waals surface area contributed by atoms with Crippen molar-refractivity contribution in [1.82, 2.24) is 0 Å². The standard InChI is InChI=1S/C20H34O/c1-3-5-7-9-11-12-14-16-18-20-19(21-20)17-15-13-10-8-6-4-2/h4,6,8,13,15,19-20H,2-3,5,7,9-12,14,16-18H2,1H3/b8-6+,15-13+/t19-,20+/m0/s1. The van der Waals surface area contributed by atoms with E-state index in [1.54, 1.807) is 0 Å². The molecule has 21 heavy (non-hydrogen) atoms. The van der Waals surface area contributed by atoms with Gasteiger partial charge in [0, 0.05) is 0 Å². The second-order valence-electron chi connectivity index (χ2n) is 6.08. The van der Waals surface area contributed by atoms with E-state index in [2.05, 4.69) is 31.7 Å². The Bertz CT molecular complexity index is 303. The van der Waals surface area contributed by atoms with Crippen molar-refractivity contribution in [3.05, 3.63) is 37.0 Å². The zero-order chi connectivity index (χ0) is 15.2. The van der Waals surface area contributed by atoms with E-state index in [1.807, 2.05) is 12.2 Å². The minimum atomic E-state index is 0.509. The summed E-state index contributed by atoms with van der Waals surface area (Å²) in [6.07, 6.45) is 26.0. The van der Waals surface area contributed by atoms with Crippen molar-refractivity contribution >= 4 is 0 Å². The van der Waals surface area contributed by atoms with Gasteiger partial charge in [0.25, 0.3) is 0 Å². The van der Waals surface area contributed by atoms with E-state index in [-0.39, 0.29) is 0 Å². The molecule has 1 aliphatic rings. The van der Waals surface area contributed by atoms with Crippen molar-refractivity contribution < 1.29 is 4.74 Å². The molecular formula is C20H34O. The molecule has 0 N–H and O–H groups in total. The molecular weight excluding hydrogens is 256 g/mol. The Morgan fingerprint density at radius 3 is 2.29 bits per heavy atom. The van der Waals surface area contributed by atoms with Gasteiger partial charge in [-0.15, -0.1) is 0 Å². The molecule has 1 rings (SSSR count). The highest BCUT2D eigenvalue weighted by Gasteiger charge is 2.36. The number of epoxide rings is 1. The van der Waals surface area contributed by atoms with E-state index in [0.29, 0.717) is 12.2 Å². The maximum Gasteiger partial charge on any atom is 0.0876 e. The molecule has 1 heteroatoms. The van der Waals surface area contributed by atoms with Crippen LogP contribution in [0.4, 0.5) is 0 Å². The van der Waals surface area contributed by atoms with E-state index < -0.39 is 0 Å². The molecule has 0 bridgehead atoms. The molecule has 0 saturated carbocycles. The molecule has 0 aromatic carbocycles. The summed E-state index contributed by atoms with van der Waals surface area (Å²) >= 11 is 0. The Balaban J connectivity index is 1.84. The molecule has 1 aliphatic heterocycles. The van der Waals surface area contributed by atoms with Gasteiger partial charge in [0.1, 0.15) is 0 Å². The molecule has 0 spiro atoms. The zero-order valence-corrected chi connectivity index (χ0v) is 13.9. The molecule has 1 fully saturated rings. The van der Waals surface area contributed by atoms with Gasteiger partial charge in [0.2, 0.25) is 0 Å². The average molecular weight is 290 g/mol. The fraction of sp³-hybridized carbons (Fsp3) is 0.700. The molecule has 0 aromatic heterocycles. The van der Waals surface area contributed by atoms with Crippen LogP contribution in [-0.2, 0) is 4.74 Å². The Morgan fingerprint density at radius 2 is 1.57 bits per heavy atom. The minimum absolute atomic E-state index is 0.509. The Morgan fingerprint density at radius 1 is 0.857 bits per heavy atom. The van der Waals surface area contributed by atoms with E-state index in [4.69, 9.17) is 4.74 Å². The van der Waals surface area contributed by atoms with Crippen LogP contribution in [-0.4, -0.2) is 12.2 Å². The number of allylic oxidation sites excluding steroid dienone is 4. The van der Waals surface area contributed by atoms with Gasteiger partial charge in [-0.3, -0.25) is 0 Å². The number of ether oxygens (including phenoxy) is 1. The number of hydrogen-bond donors (Lipinski definition) is 0. The van der Waals surface area contributed by atoms with Gasteiger partial charge >= 0.3 is 0 Å². The van der Waals surface area contributed by atoms with Crippen LogP contribution in [0.2, 0.25) is 0 Å². The lowest BCUT2D eigenvalue weighted by Gasteiger charge is -2.00.